The van der Waals surface area contributed by atoms with Crippen LogP contribution >= 0.6 is 0 Å². The van der Waals surface area contributed by atoms with Gasteiger partial charge in [-0.05, 0) is 23.3 Å². The third-order valence-electron chi connectivity index (χ3n) is 3.24. The third-order valence-corrected chi connectivity index (χ3v) is 3.24. The summed E-state index contributed by atoms with van der Waals surface area (Å²) in [5, 5.41) is 12.4. The summed E-state index contributed by atoms with van der Waals surface area (Å²) in [5.74, 6) is 1.59. The van der Waals surface area contributed by atoms with E-state index in [2.05, 4.69) is 5.32 Å². The first-order valence-electron chi connectivity index (χ1n) is 6.67. The fourth-order valence-electron chi connectivity index (χ4n) is 2.12. The zero-order valence-corrected chi connectivity index (χ0v) is 11.1. The van der Waals surface area contributed by atoms with Gasteiger partial charge in [-0.1, -0.05) is 24.3 Å². The molecule has 20 heavy (non-hydrogen) atoms. The van der Waals surface area contributed by atoms with E-state index in [1.807, 2.05) is 42.5 Å². The van der Waals surface area contributed by atoms with Crippen LogP contribution in [0.1, 0.15) is 11.1 Å². The SMILES string of the molecule is OCc1ccc(CNc2ccc3c(c2)OCCO3)cc1. The van der Waals surface area contributed by atoms with E-state index in [1.54, 1.807) is 0 Å². The van der Waals surface area contributed by atoms with Crippen molar-refractivity contribution in [1.29, 1.82) is 0 Å². The molecule has 0 unspecified atom stereocenters. The van der Waals surface area contributed by atoms with E-state index in [0.29, 0.717) is 13.2 Å². The Balaban J connectivity index is 1.65. The van der Waals surface area contributed by atoms with Crippen LogP contribution in [-0.2, 0) is 13.2 Å². The van der Waals surface area contributed by atoms with Gasteiger partial charge >= 0.3 is 0 Å². The molecule has 0 aliphatic carbocycles. The molecule has 2 aromatic carbocycles. The van der Waals surface area contributed by atoms with Crippen LogP contribution in [0.25, 0.3) is 0 Å². The number of hydrogen-bond acceptors (Lipinski definition) is 4. The monoisotopic (exact) mass is 271 g/mol. The van der Waals surface area contributed by atoms with Gasteiger partial charge in [-0.3, -0.25) is 0 Å². The van der Waals surface area contributed by atoms with Gasteiger partial charge in [0.2, 0.25) is 0 Å². The first-order chi connectivity index (χ1) is 9.85. The summed E-state index contributed by atoms with van der Waals surface area (Å²) in [6, 6.07) is 13.7. The Kier molecular flexibility index (Phi) is 3.74. The Morgan fingerprint density at radius 1 is 0.900 bits per heavy atom. The third kappa shape index (κ3) is 2.86. The maximum absolute atomic E-state index is 9.01. The molecule has 0 fully saturated rings. The van der Waals surface area contributed by atoms with Gasteiger partial charge in [0.25, 0.3) is 0 Å². The normalized spacial score (nSPS) is 13.1. The predicted octanol–water partition coefficient (Wildman–Crippen LogP) is 2.56. The Morgan fingerprint density at radius 2 is 1.60 bits per heavy atom. The molecular weight excluding hydrogens is 254 g/mol. The second-order valence-corrected chi connectivity index (χ2v) is 4.69. The molecule has 1 aliphatic heterocycles. The van der Waals surface area contributed by atoms with E-state index in [4.69, 9.17) is 14.6 Å². The smallest absolute Gasteiger partial charge is 0.163 e. The first-order valence-corrected chi connectivity index (χ1v) is 6.67. The number of aliphatic hydroxyl groups excluding tert-OH is 1. The number of hydrogen-bond donors (Lipinski definition) is 2. The topological polar surface area (TPSA) is 50.7 Å². The molecular formula is C16H17NO3. The van der Waals surface area contributed by atoms with Gasteiger partial charge in [0, 0.05) is 18.3 Å². The summed E-state index contributed by atoms with van der Waals surface area (Å²) < 4.78 is 11.0. The number of rotatable bonds is 4. The average molecular weight is 271 g/mol. The number of ether oxygens (including phenoxy) is 2. The molecule has 1 aliphatic rings. The van der Waals surface area contributed by atoms with Gasteiger partial charge in [-0.25, -0.2) is 0 Å². The van der Waals surface area contributed by atoms with E-state index < -0.39 is 0 Å². The number of nitrogens with one attached hydrogen (secondary N) is 1. The maximum Gasteiger partial charge on any atom is 0.163 e. The van der Waals surface area contributed by atoms with Crippen LogP contribution in [0.15, 0.2) is 42.5 Å². The highest BCUT2D eigenvalue weighted by Crippen LogP contribution is 2.32. The molecule has 0 bridgehead atoms. The van der Waals surface area contributed by atoms with Crippen molar-refractivity contribution in [3.63, 3.8) is 0 Å². The van der Waals surface area contributed by atoms with Gasteiger partial charge in [0.1, 0.15) is 13.2 Å². The molecule has 2 aromatic rings. The Hall–Kier alpha value is -2.20. The lowest BCUT2D eigenvalue weighted by molar-refractivity contribution is 0.171. The molecule has 0 saturated heterocycles. The minimum atomic E-state index is 0.0792. The van der Waals surface area contributed by atoms with Crippen molar-refractivity contribution in [2.24, 2.45) is 0 Å². The largest absolute Gasteiger partial charge is 0.486 e. The first kappa shape index (κ1) is 12.8. The fourth-order valence-corrected chi connectivity index (χ4v) is 2.12. The lowest BCUT2D eigenvalue weighted by Gasteiger charge is -2.19. The van der Waals surface area contributed by atoms with E-state index in [9.17, 15) is 0 Å². The van der Waals surface area contributed by atoms with Crippen LogP contribution in [0.5, 0.6) is 11.5 Å². The zero-order chi connectivity index (χ0) is 13.8. The summed E-state index contributed by atoms with van der Waals surface area (Å²) in [6.45, 7) is 2.01. The highest BCUT2D eigenvalue weighted by molar-refractivity contribution is 5.55. The number of fused-ring (bicyclic) bond motifs is 1. The van der Waals surface area contributed by atoms with Crippen molar-refractivity contribution in [1.82, 2.24) is 0 Å². The summed E-state index contributed by atoms with van der Waals surface area (Å²) in [4.78, 5) is 0. The quantitative estimate of drug-likeness (QED) is 0.897. The van der Waals surface area contributed by atoms with Gasteiger partial charge in [0.05, 0.1) is 6.61 Å². The maximum atomic E-state index is 9.01. The van der Waals surface area contributed by atoms with Crippen LogP contribution in [0.2, 0.25) is 0 Å². The summed E-state index contributed by atoms with van der Waals surface area (Å²) >= 11 is 0. The molecule has 4 heteroatoms. The molecule has 2 N–H and O–H groups in total. The van der Waals surface area contributed by atoms with Gasteiger partial charge in [-0.15, -0.1) is 0 Å². The van der Waals surface area contributed by atoms with E-state index >= 15 is 0 Å². The van der Waals surface area contributed by atoms with Crippen molar-refractivity contribution in [3.8, 4) is 11.5 Å². The lowest BCUT2D eigenvalue weighted by atomic mass is 10.1. The van der Waals surface area contributed by atoms with Crippen LogP contribution in [0.4, 0.5) is 5.69 Å². The van der Waals surface area contributed by atoms with Crippen LogP contribution in [0.3, 0.4) is 0 Å². The number of anilines is 1. The van der Waals surface area contributed by atoms with E-state index in [0.717, 1.165) is 34.9 Å². The zero-order valence-electron chi connectivity index (χ0n) is 11.1. The molecule has 0 atom stereocenters. The van der Waals surface area contributed by atoms with Gasteiger partial charge in [-0.2, -0.15) is 0 Å². The second kappa shape index (κ2) is 5.84. The van der Waals surface area contributed by atoms with Gasteiger partial charge in [0.15, 0.2) is 11.5 Å². The molecule has 1 heterocycles. The van der Waals surface area contributed by atoms with Crippen LogP contribution < -0.4 is 14.8 Å². The lowest BCUT2D eigenvalue weighted by Crippen LogP contribution is -2.15. The van der Waals surface area contributed by atoms with E-state index in [-0.39, 0.29) is 6.61 Å². The molecule has 0 aromatic heterocycles. The Labute approximate surface area is 118 Å². The van der Waals surface area contributed by atoms with Crippen molar-refractivity contribution < 1.29 is 14.6 Å². The molecule has 104 valence electrons. The van der Waals surface area contributed by atoms with Crippen molar-refractivity contribution in [2.75, 3.05) is 18.5 Å². The highest BCUT2D eigenvalue weighted by Gasteiger charge is 2.11. The number of aliphatic hydroxyl groups is 1. The molecule has 4 nitrogen and oxygen atoms in total. The Bertz CT molecular complexity index is 581. The molecule has 0 amide bonds. The highest BCUT2D eigenvalue weighted by atomic mass is 16.6. The van der Waals surface area contributed by atoms with Crippen molar-refractivity contribution in [3.05, 3.63) is 53.6 Å². The standard InChI is InChI=1S/C16H17NO3/c18-11-13-3-1-12(2-4-13)10-17-14-5-6-15-16(9-14)20-8-7-19-15/h1-6,9,17-18H,7-8,10-11H2. The van der Waals surface area contributed by atoms with Crippen LogP contribution in [-0.4, -0.2) is 18.3 Å². The van der Waals surface area contributed by atoms with Gasteiger partial charge < -0.3 is 19.9 Å². The molecule has 3 rings (SSSR count). The van der Waals surface area contributed by atoms with Crippen LogP contribution in [0, 0.1) is 0 Å². The predicted molar refractivity (Wildman–Crippen MR) is 77.1 cm³/mol. The summed E-state index contributed by atoms with van der Waals surface area (Å²) in [6.07, 6.45) is 0. The molecule has 0 saturated carbocycles. The van der Waals surface area contributed by atoms with E-state index in [1.165, 1.54) is 0 Å². The minimum absolute atomic E-state index is 0.0792. The summed E-state index contributed by atoms with van der Waals surface area (Å²) in [5.41, 5.74) is 3.09. The molecule has 0 spiro atoms. The van der Waals surface area contributed by atoms with Crippen molar-refractivity contribution >= 4 is 5.69 Å². The number of benzene rings is 2. The molecule has 0 radical (unpaired) electrons. The second-order valence-electron chi connectivity index (χ2n) is 4.69. The minimum Gasteiger partial charge on any atom is -0.486 e. The van der Waals surface area contributed by atoms with Crippen molar-refractivity contribution in [2.45, 2.75) is 13.2 Å². The summed E-state index contributed by atoms with van der Waals surface area (Å²) in [7, 11) is 0. The fraction of sp³-hybridized carbons (Fsp3) is 0.250. The average Bonchev–Trinajstić information content (AvgIpc) is 2.53. The Morgan fingerprint density at radius 3 is 2.35 bits per heavy atom.